The molecular formula is C22H19N7O3. The van der Waals surface area contributed by atoms with Gasteiger partial charge in [0.1, 0.15) is 0 Å². The Hall–Kier alpha value is -4.60. The van der Waals surface area contributed by atoms with Crippen molar-refractivity contribution in [3.05, 3.63) is 93.6 Å². The van der Waals surface area contributed by atoms with Gasteiger partial charge in [0.05, 0.1) is 27.7 Å². The number of rotatable bonds is 6. The van der Waals surface area contributed by atoms with Crippen molar-refractivity contribution in [2.75, 3.05) is 5.73 Å². The summed E-state index contributed by atoms with van der Waals surface area (Å²) in [5, 5.41) is 22.1. The van der Waals surface area contributed by atoms with E-state index in [-0.39, 0.29) is 17.2 Å². The average molecular weight is 429 g/mol. The molecule has 2 heterocycles. The van der Waals surface area contributed by atoms with Gasteiger partial charge in [-0.1, -0.05) is 12.1 Å². The van der Waals surface area contributed by atoms with Crippen LogP contribution in [-0.2, 0) is 0 Å². The first-order valence-electron chi connectivity index (χ1n) is 9.67. The molecule has 0 aliphatic carbocycles. The number of carbonyl (C=O) groups excluding carboxylic acids is 1. The quantitative estimate of drug-likeness (QED) is 0.159. The number of nitrogens with one attached hydrogen (secondary N) is 3. The van der Waals surface area contributed by atoms with Gasteiger partial charge in [0.2, 0.25) is 0 Å². The third-order valence-corrected chi connectivity index (χ3v) is 5.06. The van der Waals surface area contributed by atoms with Gasteiger partial charge >= 0.3 is 0 Å². The molecule has 0 aliphatic heterocycles. The molecule has 4 rings (SSSR count). The molecule has 160 valence electrons. The Labute approximate surface area is 182 Å². The number of nitrogens with two attached hydrogens (primary N) is 1. The van der Waals surface area contributed by atoms with E-state index in [0.717, 1.165) is 5.56 Å². The van der Waals surface area contributed by atoms with Crippen molar-refractivity contribution in [3.8, 4) is 0 Å². The number of nitrogen functional groups attached to an aromatic ring is 1. The number of benzene rings is 2. The fourth-order valence-electron chi connectivity index (χ4n) is 3.30. The van der Waals surface area contributed by atoms with Gasteiger partial charge in [-0.25, -0.2) is 4.98 Å². The lowest BCUT2D eigenvalue weighted by atomic mass is 10.0. The molecule has 32 heavy (non-hydrogen) atoms. The maximum Gasteiger partial charge on any atom is 0.287 e. The van der Waals surface area contributed by atoms with Crippen LogP contribution < -0.4 is 11.1 Å². The molecule has 5 N–H and O–H groups in total. The van der Waals surface area contributed by atoms with Crippen molar-refractivity contribution in [2.45, 2.75) is 13.0 Å². The molecule has 1 unspecified atom stereocenters. The third-order valence-electron chi connectivity index (χ3n) is 5.06. The summed E-state index contributed by atoms with van der Waals surface area (Å²) < 4.78 is 0. The number of non-ortho nitro benzene ring substituents is 1. The normalized spacial score (nSPS) is 11.8. The SMILES string of the molecule is CC(NC(=O)c1nc2cc(N)c(C(=N)c3ccncc3)cc2[nH]1)c1ccc([N+](=O)[O-])cc1. The zero-order valence-electron chi connectivity index (χ0n) is 17.0. The number of nitro benzene ring substituents is 1. The Morgan fingerprint density at radius 3 is 2.53 bits per heavy atom. The molecule has 1 atom stereocenters. The highest BCUT2D eigenvalue weighted by atomic mass is 16.6. The summed E-state index contributed by atoms with van der Waals surface area (Å²) in [6.45, 7) is 1.77. The molecule has 0 fully saturated rings. The van der Waals surface area contributed by atoms with Gasteiger partial charge in [0.25, 0.3) is 11.6 Å². The number of carbonyl (C=O) groups is 1. The van der Waals surface area contributed by atoms with Gasteiger partial charge in [0.15, 0.2) is 5.82 Å². The van der Waals surface area contributed by atoms with Crippen molar-refractivity contribution in [2.24, 2.45) is 0 Å². The van der Waals surface area contributed by atoms with E-state index < -0.39 is 16.9 Å². The number of nitro groups is 1. The number of aromatic nitrogens is 3. The topological polar surface area (TPSA) is 164 Å². The molecule has 10 heteroatoms. The summed E-state index contributed by atoms with van der Waals surface area (Å²) in [6, 6.07) is 12.3. The lowest BCUT2D eigenvalue weighted by molar-refractivity contribution is -0.384. The number of hydrogen-bond acceptors (Lipinski definition) is 7. The first-order chi connectivity index (χ1) is 15.3. The van der Waals surface area contributed by atoms with Crippen LogP contribution in [0.4, 0.5) is 11.4 Å². The van der Waals surface area contributed by atoms with Crippen LogP contribution in [0.15, 0.2) is 60.9 Å². The third kappa shape index (κ3) is 4.01. The molecule has 0 saturated heterocycles. The molecular weight excluding hydrogens is 410 g/mol. The molecule has 10 nitrogen and oxygen atoms in total. The van der Waals surface area contributed by atoms with Gasteiger partial charge in [-0.05, 0) is 36.8 Å². The van der Waals surface area contributed by atoms with E-state index in [1.807, 2.05) is 0 Å². The summed E-state index contributed by atoms with van der Waals surface area (Å²) in [5.74, 6) is -0.336. The van der Waals surface area contributed by atoms with E-state index in [0.29, 0.717) is 27.8 Å². The highest BCUT2D eigenvalue weighted by Gasteiger charge is 2.18. The molecule has 0 radical (unpaired) electrons. The maximum atomic E-state index is 12.7. The fourth-order valence-corrected chi connectivity index (χ4v) is 3.30. The number of pyridine rings is 1. The second kappa shape index (κ2) is 8.26. The summed E-state index contributed by atoms with van der Waals surface area (Å²) in [5.41, 5.74) is 9.70. The van der Waals surface area contributed by atoms with Crippen LogP contribution in [0.5, 0.6) is 0 Å². The van der Waals surface area contributed by atoms with Gasteiger partial charge < -0.3 is 16.0 Å². The van der Waals surface area contributed by atoms with Crippen molar-refractivity contribution in [1.82, 2.24) is 20.3 Å². The zero-order chi connectivity index (χ0) is 22.8. The Bertz CT molecular complexity index is 1330. The minimum Gasteiger partial charge on any atom is -0.398 e. The highest BCUT2D eigenvalue weighted by molar-refractivity contribution is 6.15. The maximum absolute atomic E-state index is 12.7. The van der Waals surface area contributed by atoms with E-state index in [1.165, 1.54) is 12.1 Å². The molecule has 2 aromatic carbocycles. The second-order valence-electron chi connectivity index (χ2n) is 7.20. The number of imidazole rings is 1. The predicted molar refractivity (Wildman–Crippen MR) is 120 cm³/mol. The van der Waals surface area contributed by atoms with Crippen LogP contribution in [0.3, 0.4) is 0 Å². The molecule has 4 aromatic rings. The van der Waals surface area contributed by atoms with Gasteiger partial charge in [-0.3, -0.25) is 25.3 Å². The molecule has 1 amide bonds. The predicted octanol–water partition coefficient (Wildman–Crippen LogP) is 3.36. The van der Waals surface area contributed by atoms with E-state index in [9.17, 15) is 14.9 Å². The Morgan fingerprint density at radius 1 is 1.19 bits per heavy atom. The van der Waals surface area contributed by atoms with Crippen molar-refractivity contribution in [3.63, 3.8) is 0 Å². The number of nitrogens with zero attached hydrogens (tertiary/aromatic N) is 3. The van der Waals surface area contributed by atoms with Crippen LogP contribution in [0.2, 0.25) is 0 Å². The lowest BCUT2D eigenvalue weighted by Gasteiger charge is -2.13. The van der Waals surface area contributed by atoms with Gasteiger partial charge in [0, 0.05) is 41.3 Å². The number of amides is 1. The van der Waals surface area contributed by atoms with Crippen LogP contribution in [-0.4, -0.2) is 31.5 Å². The summed E-state index contributed by atoms with van der Waals surface area (Å²) in [6.07, 6.45) is 3.20. The highest BCUT2D eigenvalue weighted by Crippen LogP contribution is 2.23. The van der Waals surface area contributed by atoms with E-state index >= 15 is 0 Å². The van der Waals surface area contributed by atoms with Gasteiger partial charge in [-0.2, -0.15) is 0 Å². The Morgan fingerprint density at radius 2 is 1.88 bits per heavy atom. The number of hydrogen-bond donors (Lipinski definition) is 4. The average Bonchev–Trinajstić information content (AvgIpc) is 3.21. The summed E-state index contributed by atoms with van der Waals surface area (Å²) in [4.78, 5) is 34.3. The number of aromatic amines is 1. The standard InChI is InChI=1S/C22H19N7O3/c1-12(13-2-4-15(5-3-13)29(31)32)26-22(30)21-27-18-10-16(17(23)11-19(18)28-21)20(24)14-6-8-25-9-7-14/h2-12,24H,23H2,1H3,(H,26,30)(H,27,28). The van der Waals surface area contributed by atoms with Crippen LogP contribution in [0, 0.1) is 15.5 Å². The summed E-state index contributed by atoms with van der Waals surface area (Å²) in [7, 11) is 0. The minimum absolute atomic E-state index is 0.0183. The van der Waals surface area contributed by atoms with Crippen LogP contribution in [0.25, 0.3) is 11.0 Å². The Kier molecular flexibility index (Phi) is 5.34. The summed E-state index contributed by atoms with van der Waals surface area (Å²) >= 11 is 0. The molecule has 0 spiro atoms. The van der Waals surface area contributed by atoms with Gasteiger partial charge in [-0.15, -0.1) is 0 Å². The fraction of sp³-hybridized carbons (Fsp3) is 0.0909. The molecule has 0 aliphatic rings. The molecule has 0 saturated carbocycles. The minimum atomic E-state index is -0.476. The lowest BCUT2D eigenvalue weighted by Crippen LogP contribution is -2.27. The zero-order valence-corrected chi connectivity index (χ0v) is 17.0. The van der Waals surface area contributed by atoms with Crippen molar-refractivity contribution < 1.29 is 9.72 Å². The van der Waals surface area contributed by atoms with E-state index in [1.54, 1.807) is 55.7 Å². The first kappa shape index (κ1) is 20.7. The number of H-pyrrole nitrogens is 1. The van der Waals surface area contributed by atoms with E-state index in [2.05, 4.69) is 20.3 Å². The number of fused-ring (bicyclic) bond motifs is 1. The molecule has 0 bridgehead atoms. The van der Waals surface area contributed by atoms with Crippen LogP contribution in [0.1, 0.15) is 40.3 Å². The monoisotopic (exact) mass is 429 g/mol. The van der Waals surface area contributed by atoms with Crippen molar-refractivity contribution >= 4 is 34.0 Å². The first-order valence-corrected chi connectivity index (χ1v) is 9.67. The second-order valence-corrected chi connectivity index (χ2v) is 7.20. The largest absolute Gasteiger partial charge is 0.398 e. The smallest absolute Gasteiger partial charge is 0.287 e. The van der Waals surface area contributed by atoms with E-state index in [4.69, 9.17) is 11.1 Å². The Balaban J connectivity index is 1.56. The molecule has 2 aromatic heterocycles. The van der Waals surface area contributed by atoms with Crippen molar-refractivity contribution in [1.29, 1.82) is 5.41 Å². The number of anilines is 1. The van der Waals surface area contributed by atoms with Crippen LogP contribution >= 0.6 is 0 Å².